The molecule has 2 rings (SSSR count). The normalized spacial score (nSPS) is 11.1. The van der Waals surface area contributed by atoms with Gasteiger partial charge in [0, 0.05) is 17.8 Å². The third-order valence-electron chi connectivity index (χ3n) is 2.58. The van der Waals surface area contributed by atoms with E-state index in [1.807, 2.05) is 0 Å². The highest BCUT2D eigenvalue weighted by atomic mass is 14.8. The number of aromatic nitrogens is 1. The Hall–Kier alpha value is -1.28. The molecule has 0 unspecified atom stereocenters. The number of aryl methyl sites for hydroxylation is 1. The van der Waals surface area contributed by atoms with Crippen molar-refractivity contribution >= 4 is 10.9 Å². The number of benzene rings is 1. The van der Waals surface area contributed by atoms with E-state index < -0.39 is 0 Å². The fourth-order valence-electron chi connectivity index (χ4n) is 1.85. The van der Waals surface area contributed by atoms with Crippen LogP contribution in [-0.2, 0) is 6.54 Å². The largest absolute Gasteiger partial charge is 0.359 e. The number of hydrogen-bond donors (Lipinski definition) is 2. The lowest BCUT2D eigenvalue weighted by Crippen LogP contribution is -2.13. The molecule has 0 saturated carbocycles. The van der Waals surface area contributed by atoms with Gasteiger partial charge in [0.1, 0.15) is 0 Å². The maximum atomic E-state index is 3.41. The topological polar surface area (TPSA) is 27.8 Å². The summed E-state index contributed by atoms with van der Waals surface area (Å²) in [6.45, 7) is 6.33. The molecule has 0 radical (unpaired) electrons. The van der Waals surface area contributed by atoms with Crippen molar-refractivity contribution in [1.82, 2.24) is 10.3 Å². The van der Waals surface area contributed by atoms with Crippen LogP contribution >= 0.6 is 0 Å². The van der Waals surface area contributed by atoms with Crippen LogP contribution in [0.1, 0.15) is 24.6 Å². The van der Waals surface area contributed by atoms with Gasteiger partial charge in [-0.1, -0.05) is 13.0 Å². The summed E-state index contributed by atoms with van der Waals surface area (Å²) in [6.07, 6.45) is 1.19. The highest BCUT2D eigenvalue weighted by molar-refractivity contribution is 5.81. The molecular formula is C13H18N2. The first kappa shape index (κ1) is 10.2. The zero-order valence-corrected chi connectivity index (χ0v) is 9.43. The van der Waals surface area contributed by atoms with E-state index in [-0.39, 0.29) is 0 Å². The van der Waals surface area contributed by atoms with Crippen molar-refractivity contribution in [2.24, 2.45) is 0 Å². The lowest BCUT2D eigenvalue weighted by atomic mass is 10.1. The molecule has 2 aromatic rings. The number of H-pyrrole nitrogens is 1. The van der Waals surface area contributed by atoms with Gasteiger partial charge in [0.2, 0.25) is 0 Å². The number of fused-ring (bicyclic) bond motifs is 1. The maximum Gasteiger partial charge on any atom is 0.0456 e. The molecule has 0 aliphatic rings. The fourth-order valence-corrected chi connectivity index (χ4v) is 1.85. The first-order valence-corrected chi connectivity index (χ1v) is 5.58. The van der Waals surface area contributed by atoms with Crippen LogP contribution in [0.15, 0.2) is 24.3 Å². The van der Waals surface area contributed by atoms with E-state index in [0.717, 1.165) is 13.1 Å². The Balaban J connectivity index is 2.15. The lowest BCUT2D eigenvalue weighted by Gasteiger charge is -2.02. The molecule has 1 aromatic heterocycles. The summed E-state index contributed by atoms with van der Waals surface area (Å²) >= 11 is 0. The Morgan fingerprint density at radius 2 is 2.13 bits per heavy atom. The Bertz CT molecular complexity index is 443. The predicted octanol–water partition coefficient (Wildman–Crippen LogP) is 2.98. The maximum absolute atomic E-state index is 3.41. The van der Waals surface area contributed by atoms with E-state index >= 15 is 0 Å². The second kappa shape index (κ2) is 4.49. The number of hydrogen-bond acceptors (Lipinski definition) is 1. The first-order valence-electron chi connectivity index (χ1n) is 5.58. The van der Waals surface area contributed by atoms with Gasteiger partial charge in [-0.05, 0) is 49.0 Å². The lowest BCUT2D eigenvalue weighted by molar-refractivity contribution is 0.676. The van der Waals surface area contributed by atoms with E-state index in [2.05, 4.69) is 48.4 Å². The second-order valence-electron chi connectivity index (χ2n) is 4.05. The van der Waals surface area contributed by atoms with Crippen molar-refractivity contribution < 1.29 is 0 Å². The summed E-state index contributed by atoms with van der Waals surface area (Å²) in [5.41, 5.74) is 3.81. The van der Waals surface area contributed by atoms with Gasteiger partial charge in [-0.3, -0.25) is 0 Å². The fraction of sp³-hybridized carbons (Fsp3) is 0.385. The summed E-state index contributed by atoms with van der Waals surface area (Å²) in [6, 6.07) is 8.78. The number of rotatable bonds is 4. The standard InChI is InChI=1S/C13H18N2/c1-3-6-14-9-11-4-5-13-12(8-11)7-10(2)15-13/h4-5,7-8,14-15H,3,6,9H2,1-2H3. The minimum Gasteiger partial charge on any atom is -0.359 e. The summed E-state index contributed by atoms with van der Waals surface area (Å²) in [5, 5.41) is 4.72. The highest BCUT2D eigenvalue weighted by Gasteiger charge is 1.98. The third-order valence-corrected chi connectivity index (χ3v) is 2.58. The average Bonchev–Trinajstić information content (AvgIpc) is 2.57. The monoisotopic (exact) mass is 202 g/mol. The molecule has 15 heavy (non-hydrogen) atoms. The molecule has 0 aliphatic carbocycles. The van der Waals surface area contributed by atoms with Crippen molar-refractivity contribution in [3.8, 4) is 0 Å². The molecule has 0 bridgehead atoms. The highest BCUT2D eigenvalue weighted by Crippen LogP contribution is 2.16. The van der Waals surface area contributed by atoms with Crippen molar-refractivity contribution in [3.05, 3.63) is 35.5 Å². The molecule has 0 aliphatic heterocycles. The number of aromatic amines is 1. The van der Waals surface area contributed by atoms with Crippen LogP contribution in [0.3, 0.4) is 0 Å². The molecule has 2 nitrogen and oxygen atoms in total. The summed E-state index contributed by atoms with van der Waals surface area (Å²) in [4.78, 5) is 3.33. The minimum atomic E-state index is 0.966. The van der Waals surface area contributed by atoms with E-state index in [1.165, 1.54) is 28.6 Å². The molecule has 1 aromatic carbocycles. The Kier molecular flexibility index (Phi) is 3.07. The molecule has 0 fully saturated rings. The molecule has 80 valence electrons. The summed E-state index contributed by atoms with van der Waals surface area (Å²) in [7, 11) is 0. The molecule has 0 saturated heterocycles. The van der Waals surface area contributed by atoms with Crippen molar-refractivity contribution in [3.63, 3.8) is 0 Å². The zero-order chi connectivity index (χ0) is 10.7. The van der Waals surface area contributed by atoms with Crippen molar-refractivity contribution in [2.75, 3.05) is 6.54 Å². The van der Waals surface area contributed by atoms with Gasteiger partial charge in [0.25, 0.3) is 0 Å². The van der Waals surface area contributed by atoms with Crippen LogP contribution < -0.4 is 5.32 Å². The van der Waals surface area contributed by atoms with Gasteiger partial charge < -0.3 is 10.3 Å². The predicted molar refractivity (Wildman–Crippen MR) is 65.0 cm³/mol. The summed E-state index contributed by atoms with van der Waals surface area (Å²) in [5.74, 6) is 0. The first-order chi connectivity index (χ1) is 7.29. The number of nitrogens with one attached hydrogen (secondary N) is 2. The minimum absolute atomic E-state index is 0.966. The van der Waals surface area contributed by atoms with Crippen molar-refractivity contribution in [1.29, 1.82) is 0 Å². The van der Waals surface area contributed by atoms with Gasteiger partial charge in [0.15, 0.2) is 0 Å². The van der Waals surface area contributed by atoms with Crippen molar-refractivity contribution in [2.45, 2.75) is 26.8 Å². The van der Waals surface area contributed by atoms with Crippen LogP contribution in [-0.4, -0.2) is 11.5 Å². The van der Waals surface area contributed by atoms with Gasteiger partial charge >= 0.3 is 0 Å². The Morgan fingerprint density at radius 3 is 2.93 bits per heavy atom. The average molecular weight is 202 g/mol. The van der Waals surface area contributed by atoms with Gasteiger partial charge in [0.05, 0.1) is 0 Å². The smallest absolute Gasteiger partial charge is 0.0456 e. The van der Waals surface area contributed by atoms with E-state index in [0.29, 0.717) is 0 Å². The van der Waals surface area contributed by atoms with Crippen LogP contribution in [0.5, 0.6) is 0 Å². The molecule has 0 amide bonds. The van der Waals surface area contributed by atoms with E-state index in [4.69, 9.17) is 0 Å². The van der Waals surface area contributed by atoms with E-state index in [9.17, 15) is 0 Å². The molecule has 0 spiro atoms. The van der Waals surface area contributed by atoms with E-state index in [1.54, 1.807) is 0 Å². The Labute approximate surface area is 90.7 Å². The van der Waals surface area contributed by atoms with Gasteiger partial charge in [-0.2, -0.15) is 0 Å². The molecule has 2 N–H and O–H groups in total. The van der Waals surface area contributed by atoms with Crippen LogP contribution in [0.25, 0.3) is 10.9 Å². The molecule has 0 atom stereocenters. The van der Waals surface area contributed by atoms with Crippen LogP contribution in [0.4, 0.5) is 0 Å². The Morgan fingerprint density at radius 1 is 1.27 bits per heavy atom. The molecule has 2 heteroatoms. The third kappa shape index (κ3) is 2.39. The van der Waals surface area contributed by atoms with Crippen LogP contribution in [0, 0.1) is 6.92 Å². The van der Waals surface area contributed by atoms with Gasteiger partial charge in [-0.25, -0.2) is 0 Å². The second-order valence-corrected chi connectivity index (χ2v) is 4.05. The molecule has 1 heterocycles. The zero-order valence-electron chi connectivity index (χ0n) is 9.43. The quantitative estimate of drug-likeness (QED) is 0.733. The SMILES string of the molecule is CCCNCc1ccc2[nH]c(C)cc2c1. The summed E-state index contributed by atoms with van der Waals surface area (Å²) < 4.78 is 0. The van der Waals surface area contributed by atoms with Gasteiger partial charge in [-0.15, -0.1) is 0 Å². The van der Waals surface area contributed by atoms with Crippen LogP contribution in [0.2, 0.25) is 0 Å². The molecular weight excluding hydrogens is 184 g/mol.